The van der Waals surface area contributed by atoms with Crippen LogP contribution in [0.4, 0.5) is 4.39 Å². The molecule has 0 aliphatic carbocycles. The molecule has 1 atom stereocenters. The van der Waals surface area contributed by atoms with E-state index in [1.165, 1.54) is 6.07 Å². The quantitative estimate of drug-likeness (QED) is 0.783. The maximum atomic E-state index is 13.8. The second-order valence-corrected chi connectivity index (χ2v) is 4.51. The van der Waals surface area contributed by atoms with E-state index in [9.17, 15) is 9.50 Å². The van der Waals surface area contributed by atoms with Crippen LogP contribution in [0.2, 0.25) is 0 Å². The van der Waals surface area contributed by atoms with E-state index < -0.39 is 0 Å². The summed E-state index contributed by atoms with van der Waals surface area (Å²) in [5, 5.41) is 11.3. The molecule has 18 heavy (non-hydrogen) atoms. The highest BCUT2D eigenvalue weighted by Gasteiger charge is 2.14. The first-order valence-electron chi connectivity index (χ1n) is 6.00. The zero-order valence-electron chi connectivity index (χ0n) is 10.5. The standard InChI is InChI=1S/C16H15FO/c1-4-10(3)14-9-12(18)8-11-6-7-15(17)13(5-2)16(11)14/h2,6-10,18H,4H2,1,3H3. The van der Waals surface area contributed by atoms with Gasteiger partial charge in [0.2, 0.25) is 0 Å². The minimum absolute atomic E-state index is 0.187. The lowest BCUT2D eigenvalue weighted by Gasteiger charge is -2.15. The van der Waals surface area contributed by atoms with Crippen molar-refractivity contribution in [3.63, 3.8) is 0 Å². The van der Waals surface area contributed by atoms with Crippen LogP contribution in [0.25, 0.3) is 10.8 Å². The summed E-state index contributed by atoms with van der Waals surface area (Å²) in [6.07, 6.45) is 6.31. The van der Waals surface area contributed by atoms with Gasteiger partial charge in [0.15, 0.2) is 0 Å². The molecule has 1 unspecified atom stereocenters. The van der Waals surface area contributed by atoms with Crippen LogP contribution < -0.4 is 0 Å². The molecule has 1 N–H and O–H groups in total. The molecule has 0 amide bonds. The van der Waals surface area contributed by atoms with Crippen molar-refractivity contribution in [2.45, 2.75) is 26.2 Å². The van der Waals surface area contributed by atoms with Crippen LogP contribution in [0.3, 0.4) is 0 Å². The molecule has 0 saturated heterocycles. The number of hydrogen-bond donors (Lipinski definition) is 1. The van der Waals surface area contributed by atoms with E-state index >= 15 is 0 Å². The van der Waals surface area contributed by atoms with Gasteiger partial charge in [0.25, 0.3) is 0 Å². The monoisotopic (exact) mass is 242 g/mol. The topological polar surface area (TPSA) is 20.2 Å². The van der Waals surface area contributed by atoms with E-state index in [1.54, 1.807) is 18.2 Å². The summed E-state index contributed by atoms with van der Waals surface area (Å²) >= 11 is 0. The van der Waals surface area contributed by atoms with E-state index in [0.29, 0.717) is 0 Å². The van der Waals surface area contributed by atoms with E-state index in [1.807, 2.05) is 6.92 Å². The van der Waals surface area contributed by atoms with Crippen LogP contribution in [0, 0.1) is 18.2 Å². The van der Waals surface area contributed by atoms with Crippen LogP contribution in [-0.2, 0) is 0 Å². The predicted octanol–water partition coefficient (Wildman–Crippen LogP) is 4.18. The van der Waals surface area contributed by atoms with Gasteiger partial charge < -0.3 is 5.11 Å². The minimum Gasteiger partial charge on any atom is -0.508 e. The van der Waals surface area contributed by atoms with Gasteiger partial charge >= 0.3 is 0 Å². The van der Waals surface area contributed by atoms with Crippen LogP contribution in [-0.4, -0.2) is 5.11 Å². The molecule has 0 spiro atoms. The highest BCUT2D eigenvalue weighted by molar-refractivity contribution is 5.92. The molecule has 0 bridgehead atoms. The number of benzene rings is 2. The van der Waals surface area contributed by atoms with Gasteiger partial charge in [-0.3, -0.25) is 0 Å². The van der Waals surface area contributed by atoms with Crippen molar-refractivity contribution in [1.82, 2.24) is 0 Å². The van der Waals surface area contributed by atoms with E-state index in [0.717, 1.165) is 22.8 Å². The van der Waals surface area contributed by atoms with Gasteiger partial charge in [-0.1, -0.05) is 25.8 Å². The van der Waals surface area contributed by atoms with Crippen molar-refractivity contribution in [3.05, 3.63) is 41.2 Å². The van der Waals surface area contributed by atoms with Gasteiger partial charge in [0.1, 0.15) is 11.6 Å². The Bertz CT molecular complexity index is 638. The Morgan fingerprint density at radius 3 is 2.72 bits per heavy atom. The molecule has 1 nitrogen and oxygen atoms in total. The molecule has 0 saturated carbocycles. The summed E-state index contributed by atoms with van der Waals surface area (Å²) < 4.78 is 13.8. The van der Waals surface area contributed by atoms with Gasteiger partial charge in [-0.2, -0.15) is 0 Å². The molecular weight excluding hydrogens is 227 g/mol. The van der Waals surface area contributed by atoms with Crippen molar-refractivity contribution >= 4 is 10.8 Å². The van der Waals surface area contributed by atoms with Gasteiger partial charge in [0.05, 0.1) is 5.56 Å². The van der Waals surface area contributed by atoms with Gasteiger partial charge in [-0.05, 0) is 41.5 Å². The molecule has 2 aromatic carbocycles. The van der Waals surface area contributed by atoms with E-state index in [2.05, 4.69) is 12.8 Å². The molecule has 92 valence electrons. The Kier molecular flexibility index (Phi) is 3.25. The number of terminal acetylenes is 1. The third-order valence-corrected chi connectivity index (χ3v) is 3.37. The lowest BCUT2D eigenvalue weighted by Crippen LogP contribution is -1.97. The molecule has 2 rings (SSSR count). The summed E-state index contributed by atoms with van der Waals surface area (Å²) in [5.74, 6) is 2.44. The predicted molar refractivity (Wildman–Crippen MR) is 72.2 cm³/mol. The van der Waals surface area contributed by atoms with Crippen LogP contribution >= 0.6 is 0 Å². The normalized spacial score (nSPS) is 12.3. The third kappa shape index (κ3) is 1.93. The lowest BCUT2D eigenvalue weighted by molar-refractivity contribution is 0.474. The van der Waals surface area contributed by atoms with Crippen LogP contribution in [0.15, 0.2) is 24.3 Å². The second kappa shape index (κ2) is 4.70. The summed E-state index contributed by atoms with van der Waals surface area (Å²) in [4.78, 5) is 0. The Morgan fingerprint density at radius 1 is 1.39 bits per heavy atom. The zero-order chi connectivity index (χ0) is 13.3. The number of halogens is 1. The average Bonchev–Trinajstić information content (AvgIpc) is 2.37. The molecule has 0 aromatic heterocycles. The molecule has 0 heterocycles. The maximum Gasteiger partial charge on any atom is 0.139 e. The number of rotatable bonds is 2. The maximum absolute atomic E-state index is 13.8. The molecular formula is C16H15FO. The second-order valence-electron chi connectivity index (χ2n) is 4.51. The van der Waals surface area contributed by atoms with E-state index in [-0.39, 0.29) is 23.0 Å². The molecule has 2 heteroatoms. The van der Waals surface area contributed by atoms with Crippen molar-refractivity contribution < 1.29 is 9.50 Å². The Hall–Kier alpha value is -2.01. The number of hydrogen-bond acceptors (Lipinski definition) is 1. The van der Waals surface area contributed by atoms with Gasteiger partial charge in [0, 0.05) is 5.39 Å². The van der Waals surface area contributed by atoms with Crippen molar-refractivity contribution in [2.75, 3.05) is 0 Å². The Morgan fingerprint density at radius 2 is 2.11 bits per heavy atom. The fourth-order valence-electron chi connectivity index (χ4n) is 2.21. The lowest BCUT2D eigenvalue weighted by atomic mass is 9.90. The largest absolute Gasteiger partial charge is 0.508 e. The summed E-state index contributed by atoms with van der Waals surface area (Å²) in [6.45, 7) is 4.09. The first-order valence-corrected chi connectivity index (χ1v) is 6.00. The highest BCUT2D eigenvalue weighted by atomic mass is 19.1. The SMILES string of the molecule is C#Cc1c(F)ccc2cc(O)cc(C(C)CC)c12. The van der Waals surface area contributed by atoms with Crippen molar-refractivity contribution in [3.8, 4) is 18.1 Å². The Labute approximate surface area is 106 Å². The minimum atomic E-state index is -0.389. The summed E-state index contributed by atoms with van der Waals surface area (Å²) in [5.41, 5.74) is 1.18. The third-order valence-electron chi connectivity index (χ3n) is 3.37. The first kappa shape index (κ1) is 12.4. The smallest absolute Gasteiger partial charge is 0.139 e. The molecule has 0 fully saturated rings. The Balaban J connectivity index is 2.91. The average molecular weight is 242 g/mol. The van der Waals surface area contributed by atoms with E-state index in [4.69, 9.17) is 6.42 Å². The van der Waals surface area contributed by atoms with Crippen LogP contribution in [0.5, 0.6) is 5.75 Å². The molecule has 0 aliphatic rings. The molecule has 2 aromatic rings. The van der Waals surface area contributed by atoms with Gasteiger partial charge in [-0.15, -0.1) is 6.42 Å². The molecule has 0 aliphatic heterocycles. The van der Waals surface area contributed by atoms with Gasteiger partial charge in [-0.25, -0.2) is 4.39 Å². The van der Waals surface area contributed by atoms with Crippen molar-refractivity contribution in [1.29, 1.82) is 0 Å². The first-order chi connectivity index (χ1) is 8.58. The number of aromatic hydroxyl groups is 1. The number of fused-ring (bicyclic) bond motifs is 1. The highest BCUT2D eigenvalue weighted by Crippen LogP contribution is 2.34. The zero-order valence-corrected chi connectivity index (χ0v) is 10.5. The fraction of sp³-hybridized carbons (Fsp3) is 0.250. The number of phenolic OH excluding ortho intramolecular Hbond substituents is 1. The van der Waals surface area contributed by atoms with Crippen molar-refractivity contribution in [2.24, 2.45) is 0 Å². The number of phenols is 1. The molecule has 0 radical (unpaired) electrons. The summed E-state index contributed by atoms with van der Waals surface area (Å²) in [7, 11) is 0. The summed E-state index contributed by atoms with van der Waals surface area (Å²) in [6, 6.07) is 6.28. The van der Waals surface area contributed by atoms with Crippen LogP contribution in [0.1, 0.15) is 37.3 Å². The fourth-order valence-corrected chi connectivity index (χ4v) is 2.21.